The number of nitrogens with zero attached hydrogens (tertiary/aromatic N) is 2. The zero-order chi connectivity index (χ0) is 21.1. The highest BCUT2D eigenvalue weighted by Gasteiger charge is 2.27. The number of aryl methyl sites for hydroxylation is 1. The third kappa shape index (κ3) is 4.17. The van der Waals surface area contributed by atoms with Crippen molar-refractivity contribution in [2.75, 3.05) is 18.0 Å². The summed E-state index contributed by atoms with van der Waals surface area (Å²) in [5.74, 6) is -0.110. The number of ether oxygens (including phenoxy) is 1. The number of amides is 1. The van der Waals surface area contributed by atoms with E-state index in [1.165, 1.54) is 0 Å². The van der Waals surface area contributed by atoms with Crippen molar-refractivity contribution in [3.8, 4) is 5.88 Å². The number of carbonyl (C=O) groups is 2. The maximum absolute atomic E-state index is 12.7. The number of carbonyl (C=O) groups excluding carboxylic acids is 2. The van der Waals surface area contributed by atoms with Crippen molar-refractivity contribution in [1.82, 2.24) is 4.98 Å². The van der Waals surface area contributed by atoms with E-state index in [9.17, 15) is 9.59 Å². The summed E-state index contributed by atoms with van der Waals surface area (Å²) in [7, 11) is 0. The van der Waals surface area contributed by atoms with Crippen LogP contribution in [0.2, 0.25) is 0 Å². The van der Waals surface area contributed by atoms with Crippen molar-refractivity contribution < 1.29 is 14.3 Å². The number of anilines is 1. The normalized spacial score (nSPS) is 15.8. The monoisotopic (exact) mass is 401 g/mol. The van der Waals surface area contributed by atoms with E-state index in [0.29, 0.717) is 29.1 Å². The first-order chi connectivity index (χ1) is 14.5. The number of aromatic nitrogens is 1. The predicted molar refractivity (Wildman–Crippen MR) is 115 cm³/mol. The molecule has 1 fully saturated rings. The second-order valence-electron chi connectivity index (χ2n) is 7.44. The molecule has 30 heavy (non-hydrogen) atoms. The third-order valence-corrected chi connectivity index (χ3v) is 5.22. The average Bonchev–Trinajstić information content (AvgIpc) is 3.23. The molecule has 1 saturated heterocycles. The van der Waals surface area contributed by atoms with E-state index in [1.807, 2.05) is 37.3 Å². The van der Waals surface area contributed by atoms with Crippen molar-refractivity contribution in [3.05, 3.63) is 89.1 Å². The van der Waals surface area contributed by atoms with E-state index < -0.39 is 5.91 Å². The average molecular weight is 401 g/mol. The number of nitrogens with two attached hydrogens (primary N) is 1. The van der Waals surface area contributed by atoms with E-state index in [-0.39, 0.29) is 11.9 Å². The van der Waals surface area contributed by atoms with Gasteiger partial charge in [-0.2, -0.15) is 0 Å². The zero-order valence-corrected chi connectivity index (χ0v) is 16.7. The number of ketones is 1. The molecule has 1 aromatic heterocycles. The van der Waals surface area contributed by atoms with Crippen LogP contribution in [0.1, 0.15) is 38.3 Å². The van der Waals surface area contributed by atoms with Crippen LogP contribution in [0.3, 0.4) is 0 Å². The molecule has 0 spiro atoms. The first-order valence-corrected chi connectivity index (χ1v) is 9.89. The Balaban J connectivity index is 1.53. The highest BCUT2D eigenvalue weighted by Crippen LogP contribution is 2.28. The quantitative estimate of drug-likeness (QED) is 0.640. The smallest absolute Gasteiger partial charge is 0.250 e. The van der Waals surface area contributed by atoms with Crippen molar-refractivity contribution >= 4 is 17.4 Å². The Labute approximate surface area is 175 Å². The van der Waals surface area contributed by atoms with Gasteiger partial charge in [0.05, 0.1) is 12.1 Å². The Bertz CT molecular complexity index is 1060. The molecule has 1 aliphatic heterocycles. The van der Waals surface area contributed by atoms with Gasteiger partial charge in [-0.1, -0.05) is 36.4 Å². The number of pyridine rings is 1. The van der Waals surface area contributed by atoms with Crippen LogP contribution in [0.5, 0.6) is 5.88 Å². The summed E-state index contributed by atoms with van der Waals surface area (Å²) in [5.41, 5.74) is 8.79. The second-order valence-corrected chi connectivity index (χ2v) is 7.44. The first-order valence-electron chi connectivity index (χ1n) is 9.89. The SMILES string of the molecule is Cc1ccc(O[C@H]2CCN(c3ccc(C(=O)c4ccccc4)cc3C(N)=O)C2)nc1. The summed E-state index contributed by atoms with van der Waals surface area (Å²) in [4.78, 5) is 31.2. The van der Waals surface area contributed by atoms with Crippen LogP contribution in [-0.2, 0) is 0 Å². The van der Waals surface area contributed by atoms with Crippen LogP contribution in [-0.4, -0.2) is 35.9 Å². The summed E-state index contributed by atoms with van der Waals surface area (Å²) < 4.78 is 5.98. The number of primary amides is 1. The molecule has 0 unspecified atom stereocenters. The summed E-state index contributed by atoms with van der Waals surface area (Å²) in [5, 5.41) is 0. The maximum Gasteiger partial charge on any atom is 0.250 e. The topological polar surface area (TPSA) is 85.5 Å². The lowest BCUT2D eigenvalue weighted by molar-refractivity contribution is 0.100. The maximum atomic E-state index is 12.7. The van der Waals surface area contributed by atoms with E-state index in [4.69, 9.17) is 10.5 Å². The fourth-order valence-electron chi connectivity index (χ4n) is 3.64. The molecule has 152 valence electrons. The van der Waals surface area contributed by atoms with E-state index in [0.717, 1.165) is 24.2 Å². The molecule has 0 bridgehead atoms. The molecule has 6 heteroatoms. The molecule has 1 aliphatic rings. The molecule has 0 radical (unpaired) electrons. The zero-order valence-electron chi connectivity index (χ0n) is 16.7. The highest BCUT2D eigenvalue weighted by atomic mass is 16.5. The number of rotatable bonds is 6. The minimum absolute atomic E-state index is 0.0356. The molecule has 0 aliphatic carbocycles. The predicted octanol–water partition coefficient (Wildman–Crippen LogP) is 3.38. The fourth-order valence-corrected chi connectivity index (χ4v) is 3.64. The molecule has 1 atom stereocenters. The van der Waals surface area contributed by atoms with Crippen LogP contribution >= 0.6 is 0 Å². The van der Waals surface area contributed by atoms with Gasteiger partial charge in [0.1, 0.15) is 6.10 Å². The Morgan fingerprint density at radius 1 is 1.07 bits per heavy atom. The molecule has 0 saturated carbocycles. The van der Waals surface area contributed by atoms with Crippen LogP contribution < -0.4 is 15.4 Å². The fraction of sp³-hybridized carbons (Fsp3) is 0.208. The van der Waals surface area contributed by atoms with Gasteiger partial charge >= 0.3 is 0 Å². The molecule has 2 N–H and O–H groups in total. The van der Waals surface area contributed by atoms with Gasteiger partial charge < -0.3 is 15.4 Å². The van der Waals surface area contributed by atoms with Gasteiger partial charge in [0.2, 0.25) is 5.88 Å². The molecule has 2 heterocycles. The molecule has 6 nitrogen and oxygen atoms in total. The molecule has 2 aromatic carbocycles. The Hall–Kier alpha value is -3.67. The largest absolute Gasteiger partial charge is 0.472 e. The standard InChI is InChI=1S/C24H23N3O3/c1-16-7-10-22(26-14-16)30-19-11-12-27(15-19)21-9-8-18(13-20(21)24(25)29)23(28)17-5-3-2-4-6-17/h2-10,13-14,19H,11-12,15H2,1H3,(H2,25,29)/t19-/m0/s1. The van der Waals surface area contributed by atoms with E-state index in [2.05, 4.69) is 9.88 Å². The van der Waals surface area contributed by atoms with Gasteiger partial charge in [-0.15, -0.1) is 0 Å². The minimum atomic E-state index is -0.558. The number of benzene rings is 2. The lowest BCUT2D eigenvalue weighted by Gasteiger charge is -2.21. The van der Waals surface area contributed by atoms with Gasteiger partial charge in [0, 0.05) is 42.0 Å². The van der Waals surface area contributed by atoms with Crippen LogP contribution in [0, 0.1) is 6.92 Å². The first kappa shape index (κ1) is 19.6. The Morgan fingerprint density at radius 2 is 1.87 bits per heavy atom. The van der Waals surface area contributed by atoms with Gasteiger partial charge in [0.25, 0.3) is 5.91 Å². The van der Waals surface area contributed by atoms with Crippen molar-refractivity contribution in [3.63, 3.8) is 0 Å². The van der Waals surface area contributed by atoms with Gasteiger partial charge in [0.15, 0.2) is 5.78 Å². The van der Waals surface area contributed by atoms with E-state index in [1.54, 1.807) is 36.5 Å². The van der Waals surface area contributed by atoms with Crippen molar-refractivity contribution in [2.45, 2.75) is 19.4 Å². The second kappa shape index (κ2) is 8.37. The van der Waals surface area contributed by atoms with E-state index >= 15 is 0 Å². The van der Waals surface area contributed by atoms with Crippen LogP contribution in [0.25, 0.3) is 0 Å². The van der Waals surface area contributed by atoms with Gasteiger partial charge in [-0.25, -0.2) is 4.98 Å². The lowest BCUT2D eigenvalue weighted by atomic mass is 9.99. The van der Waals surface area contributed by atoms with Crippen LogP contribution in [0.15, 0.2) is 66.9 Å². The summed E-state index contributed by atoms with van der Waals surface area (Å²) in [6, 6.07) is 17.9. The Morgan fingerprint density at radius 3 is 2.57 bits per heavy atom. The minimum Gasteiger partial charge on any atom is -0.472 e. The van der Waals surface area contributed by atoms with Crippen LogP contribution in [0.4, 0.5) is 5.69 Å². The highest BCUT2D eigenvalue weighted by molar-refractivity contribution is 6.11. The summed E-state index contributed by atoms with van der Waals surface area (Å²) in [6.07, 6.45) is 2.54. The van der Waals surface area contributed by atoms with Gasteiger partial charge in [-0.3, -0.25) is 9.59 Å². The number of hydrogen-bond donors (Lipinski definition) is 1. The van der Waals surface area contributed by atoms with Crippen molar-refractivity contribution in [2.24, 2.45) is 5.73 Å². The molecular weight excluding hydrogens is 378 g/mol. The van der Waals surface area contributed by atoms with Gasteiger partial charge in [-0.05, 0) is 30.7 Å². The molecule has 3 aromatic rings. The lowest BCUT2D eigenvalue weighted by Crippen LogP contribution is -2.27. The third-order valence-electron chi connectivity index (χ3n) is 5.22. The summed E-state index contributed by atoms with van der Waals surface area (Å²) >= 11 is 0. The number of hydrogen-bond acceptors (Lipinski definition) is 5. The molecule has 4 rings (SSSR count). The summed E-state index contributed by atoms with van der Waals surface area (Å²) in [6.45, 7) is 3.32. The Kier molecular flexibility index (Phi) is 5.48. The van der Waals surface area contributed by atoms with Crippen molar-refractivity contribution in [1.29, 1.82) is 0 Å². The molecule has 1 amide bonds. The molecular formula is C24H23N3O3.